The standard InChI is InChI=1S/C13H21N3O2/c1-3-16(6-7-17)13(18)10-4-5-11-12(8-10)15-9(2)14-11/h10,17H,3-8H2,1-2H3,(H,14,15). The molecule has 18 heavy (non-hydrogen) atoms. The Bertz CT molecular complexity index is 428. The molecule has 1 atom stereocenters. The van der Waals surface area contributed by atoms with Crippen LogP contribution in [0.25, 0.3) is 0 Å². The van der Waals surface area contributed by atoms with E-state index in [9.17, 15) is 4.79 Å². The quantitative estimate of drug-likeness (QED) is 0.826. The number of imidazole rings is 1. The summed E-state index contributed by atoms with van der Waals surface area (Å²) in [6, 6.07) is 0. The summed E-state index contributed by atoms with van der Waals surface area (Å²) >= 11 is 0. The van der Waals surface area contributed by atoms with Crippen molar-refractivity contribution < 1.29 is 9.90 Å². The van der Waals surface area contributed by atoms with Crippen LogP contribution in [0.4, 0.5) is 0 Å². The van der Waals surface area contributed by atoms with Gasteiger partial charge in [0, 0.05) is 31.1 Å². The van der Waals surface area contributed by atoms with Crippen molar-refractivity contribution in [3.05, 3.63) is 17.2 Å². The second-order valence-corrected chi connectivity index (χ2v) is 4.83. The Hall–Kier alpha value is -1.36. The summed E-state index contributed by atoms with van der Waals surface area (Å²) in [4.78, 5) is 21.7. The number of hydrogen-bond donors (Lipinski definition) is 2. The fourth-order valence-electron chi connectivity index (χ4n) is 2.64. The van der Waals surface area contributed by atoms with E-state index in [0.29, 0.717) is 13.1 Å². The smallest absolute Gasteiger partial charge is 0.226 e. The highest BCUT2D eigenvalue weighted by atomic mass is 16.3. The van der Waals surface area contributed by atoms with E-state index in [2.05, 4.69) is 9.97 Å². The molecule has 100 valence electrons. The lowest BCUT2D eigenvalue weighted by Gasteiger charge is -2.27. The van der Waals surface area contributed by atoms with E-state index >= 15 is 0 Å². The summed E-state index contributed by atoms with van der Waals surface area (Å²) < 4.78 is 0. The normalized spacial score (nSPS) is 18.5. The van der Waals surface area contributed by atoms with Crippen molar-refractivity contribution in [2.24, 2.45) is 5.92 Å². The van der Waals surface area contributed by atoms with Gasteiger partial charge in [0.1, 0.15) is 5.82 Å². The summed E-state index contributed by atoms with van der Waals surface area (Å²) in [5.41, 5.74) is 2.22. The average molecular weight is 251 g/mol. The molecule has 0 saturated carbocycles. The second-order valence-electron chi connectivity index (χ2n) is 4.83. The number of carbonyl (C=O) groups is 1. The summed E-state index contributed by atoms with van der Waals surface area (Å²) in [7, 11) is 0. The fraction of sp³-hybridized carbons (Fsp3) is 0.692. The molecular formula is C13H21N3O2. The lowest BCUT2D eigenvalue weighted by molar-refractivity contribution is -0.136. The van der Waals surface area contributed by atoms with Crippen molar-refractivity contribution in [1.82, 2.24) is 14.9 Å². The van der Waals surface area contributed by atoms with Crippen LogP contribution in [-0.2, 0) is 17.6 Å². The van der Waals surface area contributed by atoms with Gasteiger partial charge in [-0.2, -0.15) is 0 Å². The molecule has 1 heterocycles. The molecular weight excluding hydrogens is 230 g/mol. The zero-order valence-electron chi connectivity index (χ0n) is 11.1. The number of aromatic nitrogens is 2. The number of fused-ring (bicyclic) bond motifs is 1. The predicted octanol–water partition coefficient (Wildman–Crippen LogP) is 0.664. The Morgan fingerprint density at radius 3 is 3.06 bits per heavy atom. The number of nitrogens with zero attached hydrogens (tertiary/aromatic N) is 2. The van der Waals surface area contributed by atoms with Crippen molar-refractivity contribution in [2.45, 2.75) is 33.1 Å². The van der Waals surface area contributed by atoms with Crippen LogP contribution in [0.15, 0.2) is 0 Å². The average Bonchev–Trinajstić information content (AvgIpc) is 2.74. The van der Waals surface area contributed by atoms with E-state index in [1.165, 1.54) is 0 Å². The minimum atomic E-state index is 0.0285. The first-order chi connectivity index (χ1) is 8.65. The molecule has 1 aliphatic carbocycles. The van der Waals surface area contributed by atoms with Crippen molar-refractivity contribution >= 4 is 5.91 Å². The number of carbonyl (C=O) groups excluding carboxylic acids is 1. The molecule has 0 spiro atoms. The van der Waals surface area contributed by atoms with Gasteiger partial charge in [0.2, 0.25) is 5.91 Å². The molecule has 5 heteroatoms. The van der Waals surface area contributed by atoms with Gasteiger partial charge in [-0.15, -0.1) is 0 Å². The summed E-state index contributed by atoms with van der Waals surface area (Å²) in [5.74, 6) is 1.11. The van der Waals surface area contributed by atoms with E-state index in [-0.39, 0.29) is 18.4 Å². The highest BCUT2D eigenvalue weighted by Gasteiger charge is 2.29. The first-order valence-electron chi connectivity index (χ1n) is 6.59. The van der Waals surface area contributed by atoms with Crippen molar-refractivity contribution in [3.8, 4) is 0 Å². The van der Waals surface area contributed by atoms with Gasteiger partial charge in [0.05, 0.1) is 12.3 Å². The van der Waals surface area contributed by atoms with E-state index in [4.69, 9.17) is 5.11 Å². The van der Waals surface area contributed by atoms with Crippen LogP contribution in [0.5, 0.6) is 0 Å². The molecule has 2 rings (SSSR count). The number of amides is 1. The maximum absolute atomic E-state index is 12.3. The van der Waals surface area contributed by atoms with Gasteiger partial charge in [-0.1, -0.05) is 0 Å². The second kappa shape index (κ2) is 5.52. The first-order valence-corrected chi connectivity index (χ1v) is 6.59. The Balaban J connectivity index is 2.05. The Labute approximate surface area is 107 Å². The SMILES string of the molecule is CCN(CCO)C(=O)C1CCc2nc(C)[nH]c2C1. The van der Waals surface area contributed by atoms with Gasteiger partial charge in [-0.3, -0.25) is 4.79 Å². The lowest BCUT2D eigenvalue weighted by Crippen LogP contribution is -2.39. The van der Waals surface area contributed by atoms with E-state index < -0.39 is 0 Å². The third-order valence-corrected chi connectivity index (χ3v) is 3.58. The number of H-pyrrole nitrogens is 1. The van der Waals surface area contributed by atoms with E-state index in [1.807, 2.05) is 13.8 Å². The van der Waals surface area contributed by atoms with Gasteiger partial charge in [0.15, 0.2) is 0 Å². The third kappa shape index (κ3) is 2.56. The molecule has 1 aliphatic rings. The Morgan fingerprint density at radius 1 is 1.61 bits per heavy atom. The summed E-state index contributed by atoms with van der Waals surface area (Å²) in [5, 5.41) is 8.97. The topological polar surface area (TPSA) is 69.2 Å². The van der Waals surface area contributed by atoms with Crippen LogP contribution in [0.3, 0.4) is 0 Å². The van der Waals surface area contributed by atoms with Crippen LogP contribution >= 0.6 is 0 Å². The van der Waals surface area contributed by atoms with Crippen molar-refractivity contribution in [2.75, 3.05) is 19.7 Å². The molecule has 0 aliphatic heterocycles. The third-order valence-electron chi connectivity index (χ3n) is 3.58. The number of aryl methyl sites for hydroxylation is 2. The highest BCUT2D eigenvalue weighted by Crippen LogP contribution is 2.25. The molecule has 1 amide bonds. The monoisotopic (exact) mass is 251 g/mol. The summed E-state index contributed by atoms with van der Waals surface area (Å²) in [6.45, 7) is 5.01. The number of rotatable bonds is 4. The number of nitrogens with one attached hydrogen (secondary N) is 1. The van der Waals surface area contributed by atoms with Gasteiger partial charge >= 0.3 is 0 Å². The van der Waals surface area contributed by atoms with Gasteiger partial charge in [-0.05, 0) is 26.7 Å². The molecule has 2 N–H and O–H groups in total. The van der Waals surface area contributed by atoms with Crippen LogP contribution in [0.2, 0.25) is 0 Å². The Morgan fingerprint density at radius 2 is 2.39 bits per heavy atom. The van der Waals surface area contributed by atoms with E-state index in [0.717, 1.165) is 36.5 Å². The number of hydrogen-bond acceptors (Lipinski definition) is 3. The first kappa shape index (κ1) is 13.1. The van der Waals surface area contributed by atoms with Gasteiger partial charge in [0.25, 0.3) is 0 Å². The molecule has 0 saturated heterocycles. The van der Waals surface area contributed by atoms with Gasteiger partial charge < -0.3 is 15.0 Å². The number of aromatic amines is 1. The summed E-state index contributed by atoms with van der Waals surface area (Å²) in [6.07, 6.45) is 2.47. The fourth-order valence-corrected chi connectivity index (χ4v) is 2.64. The van der Waals surface area contributed by atoms with Crippen LogP contribution in [0, 0.1) is 12.8 Å². The molecule has 0 bridgehead atoms. The number of likely N-dealkylation sites (N-methyl/N-ethyl adjacent to an activating group) is 1. The van der Waals surface area contributed by atoms with Crippen LogP contribution < -0.4 is 0 Å². The highest BCUT2D eigenvalue weighted by molar-refractivity contribution is 5.79. The van der Waals surface area contributed by atoms with E-state index in [1.54, 1.807) is 4.90 Å². The molecule has 5 nitrogen and oxygen atoms in total. The minimum Gasteiger partial charge on any atom is -0.395 e. The van der Waals surface area contributed by atoms with Crippen LogP contribution in [0.1, 0.15) is 30.6 Å². The van der Waals surface area contributed by atoms with Crippen molar-refractivity contribution in [1.29, 1.82) is 0 Å². The maximum atomic E-state index is 12.3. The largest absolute Gasteiger partial charge is 0.395 e. The number of aliphatic hydroxyl groups is 1. The molecule has 0 fully saturated rings. The molecule has 1 unspecified atom stereocenters. The maximum Gasteiger partial charge on any atom is 0.226 e. The molecule has 0 aromatic carbocycles. The van der Waals surface area contributed by atoms with Gasteiger partial charge in [-0.25, -0.2) is 4.98 Å². The van der Waals surface area contributed by atoms with Crippen molar-refractivity contribution in [3.63, 3.8) is 0 Å². The molecule has 1 aromatic heterocycles. The zero-order chi connectivity index (χ0) is 13.1. The zero-order valence-corrected chi connectivity index (χ0v) is 11.1. The predicted molar refractivity (Wildman–Crippen MR) is 68.2 cm³/mol. The lowest BCUT2D eigenvalue weighted by atomic mass is 9.88. The number of aliphatic hydroxyl groups excluding tert-OH is 1. The Kier molecular flexibility index (Phi) is 4.01. The minimum absolute atomic E-state index is 0.0285. The molecule has 1 aromatic rings. The molecule has 0 radical (unpaired) electrons. The van der Waals surface area contributed by atoms with Crippen LogP contribution in [-0.4, -0.2) is 45.6 Å².